The molecule has 0 aliphatic rings. The van der Waals surface area contributed by atoms with Crippen molar-refractivity contribution in [3.8, 4) is 0 Å². The van der Waals surface area contributed by atoms with Crippen LogP contribution < -0.4 is 0 Å². The molecule has 0 bridgehead atoms. The van der Waals surface area contributed by atoms with E-state index in [1.807, 2.05) is 0 Å². The first kappa shape index (κ1) is 101. The average Bonchev–Trinajstić information content (AvgIpc) is 0.921. The Hall–Kier alpha value is -1.94. The second-order valence-electron chi connectivity index (χ2n) is 31.9. The molecule has 0 aromatic rings. The topological polar surface area (TPSA) is 237 Å². The Labute approximate surface area is 632 Å². The van der Waals surface area contributed by atoms with E-state index in [-0.39, 0.29) is 25.7 Å². The smallest absolute Gasteiger partial charge is 0.462 e. The monoisotopic (exact) mass is 1510 g/mol. The van der Waals surface area contributed by atoms with Crippen LogP contribution in [0.25, 0.3) is 0 Å². The fourth-order valence-electron chi connectivity index (χ4n) is 12.9. The van der Waals surface area contributed by atoms with Gasteiger partial charge >= 0.3 is 39.5 Å². The van der Waals surface area contributed by atoms with Gasteiger partial charge in [-0.05, 0) is 49.4 Å². The van der Waals surface area contributed by atoms with Gasteiger partial charge in [-0.15, -0.1) is 0 Å². The minimum absolute atomic E-state index is 0.106. The van der Waals surface area contributed by atoms with E-state index in [2.05, 4.69) is 55.4 Å². The van der Waals surface area contributed by atoms with Crippen LogP contribution >= 0.6 is 15.6 Å². The van der Waals surface area contributed by atoms with Crippen molar-refractivity contribution < 1.29 is 80.2 Å². The van der Waals surface area contributed by atoms with E-state index in [4.69, 9.17) is 37.0 Å². The van der Waals surface area contributed by atoms with Crippen LogP contribution in [-0.2, 0) is 65.4 Å². The van der Waals surface area contributed by atoms with Crippen molar-refractivity contribution >= 4 is 39.5 Å². The van der Waals surface area contributed by atoms with Crippen LogP contribution in [0.3, 0.4) is 0 Å². The molecule has 3 N–H and O–H groups in total. The minimum atomic E-state index is -4.96. The van der Waals surface area contributed by atoms with Crippen molar-refractivity contribution in [2.24, 2.45) is 23.7 Å². The average molecular weight is 1510 g/mol. The van der Waals surface area contributed by atoms with E-state index in [0.29, 0.717) is 31.6 Å². The molecule has 0 aliphatic heterocycles. The first-order chi connectivity index (χ1) is 49.6. The van der Waals surface area contributed by atoms with Gasteiger partial charge in [-0.2, -0.15) is 0 Å². The van der Waals surface area contributed by atoms with E-state index in [1.165, 1.54) is 231 Å². The highest BCUT2D eigenvalue weighted by Gasteiger charge is 2.30. The van der Waals surface area contributed by atoms with Crippen molar-refractivity contribution in [1.82, 2.24) is 0 Å². The predicted molar refractivity (Wildman–Crippen MR) is 423 cm³/mol. The molecule has 0 fully saturated rings. The SMILES string of the molecule is CCC(C)CCCCCCCCCCCCCCCCCCCCC(=O)O[C@H](COC(=O)CCCCCCCCCCCCCCC(C)C)COP(=O)(O)OCC(O)COP(=O)(O)OC[C@@H](COC(=O)CCCCCCCCCC(C)C)OC(=O)CCCCCCCCCCCCCCCC(C)C. The molecule has 6 atom stereocenters. The van der Waals surface area contributed by atoms with Gasteiger partial charge in [0.15, 0.2) is 12.2 Å². The Morgan fingerprint density at radius 1 is 0.272 bits per heavy atom. The van der Waals surface area contributed by atoms with Crippen LogP contribution in [0.4, 0.5) is 0 Å². The number of aliphatic hydroxyl groups excluding tert-OH is 1. The van der Waals surface area contributed by atoms with Gasteiger partial charge in [-0.3, -0.25) is 37.3 Å². The molecule has 0 saturated heterocycles. The largest absolute Gasteiger partial charge is 0.472 e. The number of ether oxygens (including phenoxy) is 4. The molecule has 0 aromatic heterocycles. The van der Waals surface area contributed by atoms with Gasteiger partial charge in [0.2, 0.25) is 0 Å². The highest BCUT2D eigenvalue weighted by Crippen LogP contribution is 2.45. The molecule has 103 heavy (non-hydrogen) atoms. The second kappa shape index (κ2) is 72.9. The van der Waals surface area contributed by atoms with Crippen LogP contribution in [0.2, 0.25) is 0 Å². The van der Waals surface area contributed by atoms with Gasteiger partial charge < -0.3 is 33.8 Å². The summed E-state index contributed by atoms with van der Waals surface area (Å²) in [5.74, 6) is 1.03. The van der Waals surface area contributed by atoms with E-state index < -0.39 is 97.5 Å². The van der Waals surface area contributed by atoms with E-state index >= 15 is 0 Å². The van der Waals surface area contributed by atoms with Gasteiger partial charge in [0.1, 0.15) is 19.3 Å². The lowest BCUT2D eigenvalue weighted by Crippen LogP contribution is -2.30. The van der Waals surface area contributed by atoms with Crippen molar-refractivity contribution in [2.45, 2.75) is 453 Å². The summed E-state index contributed by atoms with van der Waals surface area (Å²) >= 11 is 0. The van der Waals surface area contributed by atoms with E-state index in [1.54, 1.807) is 0 Å². The highest BCUT2D eigenvalue weighted by molar-refractivity contribution is 7.47. The quantitative estimate of drug-likeness (QED) is 0.0222. The molecule has 0 aliphatic carbocycles. The number of phosphoric ester groups is 2. The van der Waals surface area contributed by atoms with Crippen LogP contribution in [0.15, 0.2) is 0 Å². The minimum Gasteiger partial charge on any atom is -0.462 e. The van der Waals surface area contributed by atoms with Gasteiger partial charge in [0.05, 0.1) is 26.4 Å². The summed E-state index contributed by atoms with van der Waals surface area (Å²) in [6, 6.07) is 0. The predicted octanol–water partition coefficient (Wildman–Crippen LogP) is 25.2. The second-order valence-corrected chi connectivity index (χ2v) is 34.8. The van der Waals surface area contributed by atoms with Crippen LogP contribution in [0.1, 0.15) is 434 Å². The zero-order chi connectivity index (χ0) is 76.0. The zero-order valence-electron chi connectivity index (χ0n) is 68.0. The zero-order valence-corrected chi connectivity index (χ0v) is 69.7. The standard InChI is InChI=1S/C84H164O17P2/c1-9-77(8)63-55-47-39-31-25-18-14-12-10-11-13-15-19-27-33-41-50-58-66-83(88)100-79(70-94-81(86)64-56-48-40-32-26-22-21-24-30-37-45-53-61-75(4)5)72-98-102(90,91)96-68-78(85)69-97-103(92,93)99-73-80(71-95-82(87)65-57-49-43-35-38-46-54-62-76(6)7)101-84(89)67-59-51-42-34-28-20-16-17-23-29-36-44-52-60-74(2)3/h74-80,85H,9-73H2,1-8H3,(H,90,91)(H,92,93)/t77?,78?,79-,80-/m1/s1. The highest BCUT2D eigenvalue weighted by atomic mass is 31.2. The van der Waals surface area contributed by atoms with E-state index in [9.17, 15) is 43.2 Å². The third-order valence-electron chi connectivity index (χ3n) is 19.9. The summed E-state index contributed by atoms with van der Waals surface area (Å²) in [7, 11) is -9.93. The Kier molecular flexibility index (Phi) is 71.5. The summed E-state index contributed by atoms with van der Waals surface area (Å²) in [5, 5.41) is 10.7. The summed E-state index contributed by atoms with van der Waals surface area (Å²) in [6.45, 7) is 14.3. The van der Waals surface area contributed by atoms with Gasteiger partial charge in [0.25, 0.3) is 0 Å². The molecular weight excluding hydrogens is 1340 g/mol. The number of aliphatic hydroxyl groups is 1. The number of phosphoric acid groups is 2. The fourth-order valence-corrected chi connectivity index (χ4v) is 14.5. The maximum Gasteiger partial charge on any atom is 0.472 e. The van der Waals surface area contributed by atoms with Crippen molar-refractivity contribution in [3.05, 3.63) is 0 Å². The number of esters is 4. The molecule has 19 heteroatoms. The third kappa shape index (κ3) is 76.6. The van der Waals surface area contributed by atoms with Crippen molar-refractivity contribution in [2.75, 3.05) is 39.6 Å². The number of unbranched alkanes of at least 4 members (excludes halogenated alkanes) is 46. The molecule has 0 amide bonds. The molecule has 0 saturated carbocycles. The molecule has 0 rings (SSSR count). The number of hydrogen-bond acceptors (Lipinski definition) is 15. The lowest BCUT2D eigenvalue weighted by molar-refractivity contribution is -0.161. The summed E-state index contributed by atoms with van der Waals surface area (Å²) in [5.41, 5.74) is 0. The molecule has 0 heterocycles. The van der Waals surface area contributed by atoms with Gasteiger partial charge in [0, 0.05) is 25.7 Å². The summed E-state index contributed by atoms with van der Waals surface area (Å²) < 4.78 is 68.8. The third-order valence-corrected chi connectivity index (χ3v) is 21.8. The maximum atomic E-state index is 13.1. The first-order valence-electron chi connectivity index (χ1n) is 43.2. The Balaban J connectivity index is 5.22. The number of carbonyl (C=O) groups excluding carboxylic acids is 4. The first-order valence-corrected chi connectivity index (χ1v) is 46.2. The Morgan fingerprint density at radius 2 is 0.466 bits per heavy atom. The normalized spacial score (nSPS) is 14.2. The number of hydrogen-bond donors (Lipinski definition) is 3. The summed E-state index contributed by atoms with van der Waals surface area (Å²) in [4.78, 5) is 73.1. The summed E-state index contributed by atoms with van der Waals surface area (Å²) in [6.07, 6.45) is 61.1. The van der Waals surface area contributed by atoms with Crippen LogP contribution in [0.5, 0.6) is 0 Å². The lowest BCUT2D eigenvalue weighted by Gasteiger charge is -2.21. The maximum absolute atomic E-state index is 13.1. The molecule has 0 spiro atoms. The number of rotatable bonds is 81. The Morgan fingerprint density at radius 3 is 0.689 bits per heavy atom. The Bertz CT molecular complexity index is 2010. The van der Waals surface area contributed by atoms with Crippen molar-refractivity contribution in [1.29, 1.82) is 0 Å². The van der Waals surface area contributed by atoms with Crippen molar-refractivity contribution in [3.63, 3.8) is 0 Å². The number of carbonyl (C=O) groups is 4. The molecule has 17 nitrogen and oxygen atoms in total. The van der Waals surface area contributed by atoms with Crippen LogP contribution in [-0.4, -0.2) is 96.7 Å². The molecule has 4 unspecified atom stereocenters. The van der Waals surface area contributed by atoms with Crippen LogP contribution in [0, 0.1) is 23.7 Å². The molecule has 0 aromatic carbocycles. The molecule has 612 valence electrons. The fraction of sp³-hybridized carbons (Fsp3) is 0.952. The van der Waals surface area contributed by atoms with E-state index in [0.717, 1.165) is 114 Å². The van der Waals surface area contributed by atoms with Gasteiger partial charge in [-0.25, -0.2) is 9.13 Å². The lowest BCUT2D eigenvalue weighted by atomic mass is 9.99. The van der Waals surface area contributed by atoms with Gasteiger partial charge in [-0.1, -0.05) is 383 Å². The molecular formula is C84H164O17P2. The molecule has 0 radical (unpaired) electrons.